The maximum absolute atomic E-state index is 12.2. The topological polar surface area (TPSA) is 22.0 Å². The fourth-order valence-corrected chi connectivity index (χ4v) is 3.03. The lowest BCUT2D eigenvalue weighted by atomic mass is 10.0. The molecule has 1 fully saturated rings. The Hall–Kier alpha value is -1.28. The summed E-state index contributed by atoms with van der Waals surface area (Å²) >= 11 is 5.96. The van der Waals surface area contributed by atoms with E-state index in [4.69, 9.17) is 11.6 Å². The lowest BCUT2D eigenvalue weighted by Crippen LogP contribution is -2.17. The normalized spacial score (nSPS) is 16.5. The molecule has 2 nitrogen and oxygen atoms in total. The van der Waals surface area contributed by atoms with Gasteiger partial charge in [-0.05, 0) is 37.1 Å². The second kappa shape index (κ2) is 4.77. The van der Waals surface area contributed by atoms with Gasteiger partial charge in [-0.3, -0.25) is 4.79 Å². The molecule has 3 heteroatoms. The molecule has 0 N–H and O–H groups in total. The quantitative estimate of drug-likeness (QED) is 0.817. The van der Waals surface area contributed by atoms with Crippen molar-refractivity contribution in [3.8, 4) is 0 Å². The molecule has 0 amide bonds. The Labute approximate surface area is 112 Å². The first-order chi connectivity index (χ1) is 8.74. The first kappa shape index (κ1) is 11.8. The molecular formula is C15H16ClNO. The van der Waals surface area contributed by atoms with Crippen LogP contribution in [-0.2, 0) is 11.3 Å². The van der Waals surface area contributed by atoms with Crippen LogP contribution >= 0.6 is 11.6 Å². The second-order valence-corrected chi connectivity index (χ2v) is 5.53. The van der Waals surface area contributed by atoms with Crippen LogP contribution in [0, 0.1) is 5.92 Å². The van der Waals surface area contributed by atoms with Gasteiger partial charge in [0.15, 0.2) is 5.78 Å². The summed E-state index contributed by atoms with van der Waals surface area (Å²) in [6, 6.07) is 7.82. The molecule has 1 aliphatic carbocycles. The molecule has 1 saturated carbocycles. The standard InChI is InChI=1S/C15H16ClNO/c16-13-5-6-14-12(9-13)7-8-17(14)10-15(18)11-3-1-2-4-11/h5-9,11H,1-4,10H2. The predicted molar refractivity (Wildman–Crippen MR) is 73.9 cm³/mol. The molecule has 0 saturated heterocycles. The summed E-state index contributed by atoms with van der Waals surface area (Å²) in [4.78, 5) is 12.2. The second-order valence-electron chi connectivity index (χ2n) is 5.09. The van der Waals surface area contributed by atoms with Crippen molar-refractivity contribution in [2.75, 3.05) is 0 Å². The van der Waals surface area contributed by atoms with Gasteiger partial charge in [0.05, 0.1) is 6.54 Å². The Morgan fingerprint density at radius 3 is 2.83 bits per heavy atom. The van der Waals surface area contributed by atoms with Crippen molar-refractivity contribution in [2.24, 2.45) is 5.92 Å². The van der Waals surface area contributed by atoms with Crippen LogP contribution in [0.2, 0.25) is 5.02 Å². The third-order valence-corrected chi connectivity index (χ3v) is 4.10. The van der Waals surface area contributed by atoms with E-state index < -0.39 is 0 Å². The lowest BCUT2D eigenvalue weighted by molar-refractivity contribution is -0.123. The van der Waals surface area contributed by atoms with Crippen LogP contribution in [0.3, 0.4) is 0 Å². The van der Waals surface area contributed by atoms with Crippen molar-refractivity contribution < 1.29 is 4.79 Å². The highest BCUT2D eigenvalue weighted by Crippen LogP contribution is 2.27. The Bertz CT molecular complexity index is 581. The Morgan fingerprint density at radius 2 is 2.06 bits per heavy atom. The van der Waals surface area contributed by atoms with Crippen LogP contribution in [0.25, 0.3) is 10.9 Å². The minimum atomic E-state index is 0.287. The largest absolute Gasteiger partial charge is 0.340 e. The highest BCUT2D eigenvalue weighted by molar-refractivity contribution is 6.31. The molecule has 1 aromatic heterocycles. The summed E-state index contributed by atoms with van der Waals surface area (Å²) in [5.74, 6) is 0.662. The van der Waals surface area contributed by atoms with Crippen LogP contribution in [0.15, 0.2) is 30.5 Å². The van der Waals surface area contributed by atoms with E-state index in [-0.39, 0.29) is 5.92 Å². The van der Waals surface area contributed by atoms with Crippen molar-refractivity contribution in [2.45, 2.75) is 32.2 Å². The number of ketones is 1. The van der Waals surface area contributed by atoms with Gasteiger partial charge in [0.1, 0.15) is 0 Å². The number of carbonyl (C=O) groups excluding carboxylic acids is 1. The Balaban J connectivity index is 1.84. The number of hydrogen-bond acceptors (Lipinski definition) is 1. The van der Waals surface area contributed by atoms with E-state index in [2.05, 4.69) is 0 Å². The Morgan fingerprint density at radius 1 is 1.28 bits per heavy atom. The van der Waals surface area contributed by atoms with E-state index in [1.54, 1.807) is 0 Å². The number of fused-ring (bicyclic) bond motifs is 1. The third-order valence-electron chi connectivity index (χ3n) is 3.87. The van der Waals surface area contributed by atoms with Gasteiger partial charge in [0.2, 0.25) is 0 Å². The lowest BCUT2D eigenvalue weighted by Gasteiger charge is -2.09. The van der Waals surface area contributed by atoms with Gasteiger partial charge < -0.3 is 4.57 Å². The van der Waals surface area contributed by atoms with Crippen molar-refractivity contribution in [3.05, 3.63) is 35.5 Å². The van der Waals surface area contributed by atoms with E-state index in [0.29, 0.717) is 12.3 Å². The molecule has 3 rings (SSSR count). The molecule has 18 heavy (non-hydrogen) atoms. The zero-order chi connectivity index (χ0) is 12.5. The van der Waals surface area contributed by atoms with E-state index in [9.17, 15) is 4.79 Å². The fourth-order valence-electron chi connectivity index (χ4n) is 2.85. The number of Topliss-reactive ketones (excluding diaryl/α,β-unsaturated/α-hetero) is 1. The third kappa shape index (κ3) is 2.17. The summed E-state index contributed by atoms with van der Waals surface area (Å²) in [6.07, 6.45) is 6.54. The summed E-state index contributed by atoms with van der Waals surface area (Å²) in [5, 5.41) is 1.84. The zero-order valence-corrected chi connectivity index (χ0v) is 11.0. The molecule has 1 aliphatic rings. The van der Waals surface area contributed by atoms with Gasteiger partial charge in [0, 0.05) is 28.0 Å². The van der Waals surface area contributed by atoms with Crippen LogP contribution in [0.1, 0.15) is 25.7 Å². The van der Waals surface area contributed by atoms with Gasteiger partial charge in [0.25, 0.3) is 0 Å². The van der Waals surface area contributed by atoms with Crippen LogP contribution in [-0.4, -0.2) is 10.4 Å². The number of carbonyl (C=O) groups is 1. The maximum Gasteiger partial charge on any atom is 0.155 e. The minimum Gasteiger partial charge on any atom is -0.340 e. The molecular weight excluding hydrogens is 246 g/mol. The molecule has 0 aliphatic heterocycles. The first-order valence-corrected chi connectivity index (χ1v) is 6.89. The number of benzene rings is 1. The molecule has 2 aromatic rings. The van der Waals surface area contributed by atoms with E-state index in [0.717, 1.165) is 28.8 Å². The van der Waals surface area contributed by atoms with E-state index in [1.807, 2.05) is 35.0 Å². The molecule has 0 unspecified atom stereocenters. The summed E-state index contributed by atoms with van der Waals surface area (Å²) in [7, 11) is 0. The molecule has 0 radical (unpaired) electrons. The molecule has 0 spiro atoms. The number of rotatable bonds is 3. The summed E-state index contributed by atoms with van der Waals surface area (Å²) in [5.41, 5.74) is 1.09. The average molecular weight is 262 g/mol. The Kier molecular flexibility index (Phi) is 3.13. The number of nitrogens with zero attached hydrogens (tertiary/aromatic N) is 1. The van der Waals surface area contributed by atoms with Crippen LogP contribution in [0.5, 0.6) is 0 Å². The predicted octanol–water partition coefficient (Wildman–Crippen LogP) is 4.05. The molecule has 0 atom stereocenters. The molecule has 94 valence electrons. The fraction of sp³-hybridized carbons (Fsp3) is 0.400. The summed E-state index contributed by atoms with van der Waals surface area (Å²) < 4.78 is 2.03. The van der Waals surface area contributed by atoms with Crippen molar-refractivity contribution in [3.63, 3.8) is 0 Å². The number of halogens is 1. The van der Waals surface area contributed by atoms with Gasteiger partial charge in [-0.15, -0.1) is 0 Å². The van der Waals surface area contributed by atoms with E-state index in [1.165, 1.54) is 12.8 Å². The average Bonchev–Trinajstić information content (AvgIpc) is 2.98. The monoisotopic (exact) mass is 261 g/mol. The summed E-state index contributed by atoms with van der Waals surface area (Å²) in [6.45, 7) is 0.496. The highest BCUT2D eigenvalue weighted by Gasteiger charge is 2.22. The van der Waals surface area contributed by atoms with Crippen molar-refractivity contribution in [1.82, 2.24) is 4.57 Å². The van der Waals surface area contributed by atoms with Crippen molar-refractivity contribution >= 4 is 28.3 Å². The van der Waals surface area contributed by atoms with Crippen LogP contribution < -0.4 is 0 Å². The molecule has 1 heterocycles. The molecule has 1 aromatic carbocycles. The zero-order valence-electron chi connectivity index (χ0n) is 10.2. The van der Waals surface area contributed by atoms with E-state index >= 15 is 0 Å². The number of hydrogen-bond donors (Lipinski definition) is 0. The first-order valence-electron chi connectivity index (χ1n) is 6.51. The van der Waals surface area contributed by atoms with Crippen molar-refractivity contribution in [1.29, 1.82) is 0 Å². The number of aromatic nitrogens is 1. The minimum absolute atomic E-state index is 0.287. The van der Waals surface area contributed by atoms with Crippen LogP contribution in [0.4, 0.5) is 0 Å². The maximum atomic E-state index is 12.2. The molecule has 0 bridgehead atoms. The highest BCUT2D eigenvalue weighted by atomic mass is 35.5. The van der Waals surface area contributed by atoms with Gasteiger partial charge >= 0.3 is 0 Å². The smallest absolute Gasteiger partial charge is 0.155 e. The van der Waals surface area contributed by atoms with Gasteiger partial charge in [-0.25, -0.2) is 0 Å². The SMILES string of the molecule is O=C(Cn1ccc2cc(Cl)ccc21)C1CCCC1. The van der Waals surface area contributed by atoms with Gasteiger partial charge in [-0.2, -0.15) is 0 Å². The van der Waals surface area contributed by atoms with Gasteiger partial charge in [-0.1, -0.05) is 24.4 Å².